The van der Waals surface area contributed by atoms with Crippen molar-refractivity contribution in [2.75, 3.05) is 10.6 Å². The Morgan fingerprint density at radius 3 is 2.65 bits per heavy atom. The summed E-state index contributed by atoms with van der Waals surface area (Å²) >= 11 is 0. The van der Waals surface area contributed by atoms with Gasteiger partial charge < -0.3 is 16.4 Å². The van der Waals surface area contributed by atoms with Gasteiger partial charge in [-0.1, -0.05) is 12.1 Å². The van der Waals surface area contributed by atoms with Crippen LogP contribution in [0.1, 0.15) is 11.1 Å². The van der Waals surface area contributed by atoms with E-state index in [4.69, 9.17) is 5.73 Å². The monoisotopic (exact) mass is 273 g/mol. The van der Waals surface area contributed by atoms with Crippen LogP contribution in [0.3, 0.4) is 0 Å². The van der Waals surface area contributed by atoms with Gasteiger partial charge in [-0.25, -0.2) is 9.18 Å². The Labute approximate surface area is 116 Å². The molecule has 0 saturated carbocycles. The zero-order valence-corrected chi connectivity index (χ0v) is 11.1. The highest BCUT2D eigenvalue weighted by Gasteiger charge is 2.01. The number of primary amides is 1. The van der Waals surface area contributed by atoms with Crippen molar-refractivity contribution in [3.8, 4) is 0 Å². The fourth-order valence-electron chi connectivity index (χ4n) is 1.90. The number of nitrogens with two attached hydrogens (primary N) is 1. The largest absolute Gasteiger partial charge is 0.381 e. The van der Waals surface area contributed by atoms with Crippen LogP contribution in [-0.2, 0) is 6.54 Å². The number of carbonyl (C=O) groups excluding carboxylic acids is 1. The van der Waals surface area contributed by atoms with Gasteiger partial charge in [-0.15, -0.1) is 0 Å². The number of carbonyl (C=O) groups is 1. The van der Waals surface area contributed by atoms with Crippen molar-refractivity contribution in [1.29, 1.82) is 0 Å². The van der Waals surface area contributed by atoms with Crippen LogP contribution in [0.5, 0.6) is 0 Å². The molecule has 2 rings (SSSR count). The lowest BCUT2D eigenvalue weighted by molar-refractivity contribution is 0.259. The third kappa shape index (κ3) is 3.71. The van der Waals surface area contributed by atoms with E-state index in [2.05, 4.69) is 10.6 Å². The number of hydrogen-bond donors (Lipinski definition) is 3. The van der Waals surface area contributed by atoms with Crippen LogP contribution in [0.25, 0.3) is 0 Å². The molecule has 0 unspecified atom stereocenters. The summed E-state index contributed by atoms with van der Waals surface area (Å²) in [5, 5.41) is 5.73. The molecule has 2 aromatic carbocycles. The Hall–Kier alpha value is -2.56. The Bertz CT molecular complexity index is 628. The molecule has 4 N–H and O–H groups in total. The van der Waals surface area contributed by atoms with E-state index in [0.717, 1.165) is 16.8 Å². The molecular formula is C15H16FN3O. The second kappa shape index (κ2) is 6.06. The molecular weight excluding hydrogens is 257 g/mol. The molecule has 0 saturated heterocycles. The molecule has 5 heteroatoms. The first kappa shape index (κ1) is 13.9. The Kier molecular flexibility index (Phi) is 4.20. The number of nitrogens with one attached hydrogen (secondary N) is 2. The van der Waals surface area contributed by atoms with E-state index >= 15 is 0 Å². The van der Waals surface area contributed by atoms with Crippen LogP contribution in [0.2, 0.25) is 0 Å². The Morgan fingerprint density at radius 2 is 1.95 bits per heavy atom. The number of aryl methyl sites for hydroxylation is 1. The van der Waals surface area contributed by atoms with Gasteiger partial charge in [0, 0.05) is 17.9 Å². The third-order valence-corrected chi connectivity index (χ3v) is 2.92. The quantitative estimate of drug-likeness (QED) is 0.800. The molecule has 0 aliphatic heterocycles. The smallest absolute Gasteiger partial charge is 0.316 e. The second-order valence-corrected chi connectivity index (χ2v) is 4.49. The number of halogens is 1. The third-order valence-electron chi connectivity index (χ3n) is 2.92. The maximum Gasteiger partial charge on any atom is 0.316 e. The van der Waals surface area contributed by atoms with Crippen LogP contribution in [0.4, 0.5) is 20.6 Å². The first-order chi connectivity index (χ1) is 9.54. The van der Waals surface area contributed by atoms with Crippen molar-refractivity contribution >= 4 is 17.4 Å². The summed E-state index contributed by atoms with van der Waals surface area (Å²) in [7, 11) is 0. The number of urea groups is 1. The number of hydrogen-bond acceptors (Lipinski definition) is 2. The molecule has 0 aromatic heterocycles. The molecule has 0 aliphatic rings. The number of anilines is 2. The maximum absolute atomic E-state index is 13.0. The highest BCUT2D eigenvalue weighted by atomic mass is 19.1. The molecule has 0 spiro atoms. The lowest BCUT2D eigenvalue weighted by Crippen LogP contribution is -2.19. The zero-order chi connectivity index (χ0) is 14.5. The number of rotatable bonds is 4. The van der Waals surface area contributed by atoms with Crippen molar-refractivity contribution in [2.45, 2.75) is 13.5 Å². The molecule has 20 heavy (non-hydrogen) atoms. The van der Waals surface area contributed by atoms with Crippen molar-refractivity contribution in [2.24, 2.45) is 5.73 Å². The molecule has 2 aromatic rings. The summed E-state index contributed by atoms with van der Waals surface area (Å²) in [6, 6.07) is 11.3. The summed E-state index contributed by atoms with van der Waals surface area (Å²) in [6.07, 6.45) is 0. The van der Waals surface area contributed by atoms with Crippen LogP contribution in [0.15, 0.2) is 42.5 Å². The van der Waals surface area contributed by atoms with Crippen molar-refractivity contribution in [3.05, 3.63) is 59.4 Å². The van der Waals surface area contributed by atoms with Crippen molar-refractivity contribution in [1.82, 2.24) is 0 Å². The van der Waals surface area contributed by atoms with Gasteiger partial charge in [0.1, 0.15) is 5.82 Å². The first-order valence-electron chi connectivity index (χ1n) is 6.20. The summed E-state index contributed by atoms with van der Waals surface area (Å²) in [6.45, 7) is 2.44. The predicted octanol–water partition coefficient (Wildman–Crippen LogP) is 3.24. The van der Waals surface area contributed by atoms with E-state index < -0.39 is 6.03 Å². The molecule has 4 nitrogen and oxygen atoms in total. The predicted molar refractivity (Wildman–Crippen MR) is 78.1 cm³/mol. The van der Waals surface area contributed by atoms with Gasteiger partial charge >= 0.3 is 6.03 Å². The minimum atomic E-state index is -0.600. The highest BCUT2D eigenvalue weighted by molar-refractivity contribution is 5.88. The van der Waals surface area contributed by atoms with Gasteiger partial charge in [0.05, 0.1) is 0 Å². The SMILES string of the molecule is Cc1cc(F)ccc1CNc1cccc(NC(N)=O)c1. The summed E-state index contributed by atoms with van der Waals surface area (Å²) in [4.78, 5) is 10.8. The van der Waals surface area contributed by atoms with E-state index in [1.807, 2.05) is 19.1 Å². The van der Waals surface area contributed by atoms with Gasteiger partial charge in [-0.2, -0.15) is 0 Å². The van der Waals surface area contributed by atoms with Crippen LogP contribution < -0.4 is 16.4 Å². The van der Waals surface area contributed by atoms with Crippen molar-refractivity contribution in [3.63, 3.8) is 0 Å². The fourth-order valence-corrected chi connectivity index (χ4v) is 1.90. The minimum absolute atomic E-state index is 0.237. The standard InChI is InChI=1S/C15H16FN3O/c1-10-7-12(16)6-5-11(10)9-18-13-3-2-4-14(8-13)19-15(17)20/h2-8,18H,9H2,1H3,(H3,17,19,20). The number of benzene rings is 2. The van der Waals surface area contributed by atoms with E-state index in [1.165, 1.54) is 12.1 Å². The molecule has 104 valence electrons. The second-order valence-electron chi connectivity index (χ2n) is 4.49. The van der Waals surface area contributed by atoms with Gasteiger partial charge in [-0.3, -0.25) is 0 Å². The van der Waals surface area contributed by atoms with E-state index in [0.29, 0.717) is 12.2 Å². The van der Waals surface area contributed by atoms with Gasteiger partial charge in [-0.05, 0) is 48.4 Å². The van der Waals surface area contributed by atoms with Crippen LogP contribution >= 0.6 is 0 Å². The molecule has 0 aliphatic carbocycles. The van der Waals surface area contributed by atoms with E-state index in [-0.39, 0.29) is 5.82 Å². The molecule has 2 amide bonds. The average molecular weight is 273 g/mol. The van der Waals surface area contributed by atoms with E-state index in [9.17, 15) is 9.18 Å². The summed E-state index contributed by atoms with van der Waals surface area (Å²) in [5.41, 5.74) is 8.44. The molecule has 0 heterocycles. The summed E-state index contributed by atoms with van der Waals surface area (Å²) in [5.74, 6) is -0.237. The molecule has 0 radical (unpaired) electrons. The van der Waals surface area contributed by atoms with Crippen molar-refractivity contribution < 1.29 is 9.18 Å². The minimum Gasteiger partial charge on any atom is -0.381 e. The van der Waals surface area contributed by atoms with Gasteiger partial charge in [0.2, 0.25) is 0 Å². The van der Waals surface area contributed by atoms with Crippen LogP contribution in [-0.4, -0.2) is 6.03 Å². The Morgan fingerprint density at radius 1 is 1.20 bits per heavy atom. The fraction of sp³-hybridized carbons (Fsp3) is 0.133. The maximum atomic E-state index is 13.0. The molecule has 0 atom stereocenters. The van der Waals surface area contributed by atoms with Crippen LogP contribution in [0, 0.1) is 12.7 Å². The molecule has 0 fully saturated rings. The first-order valence-corrected chi connectivity index (χ1v) is 6.20. The lowest BCUT2D eigenvalue weighted by atomic mass is 10.1. The summed E-state index contributed by atoms with van der Waals surface area (Å²) < 4.78 is 13.0. The normalized spacial score (nSPS) is 10.1. The lowest BCUT2D eigenvalue weighted by Gasteiger charge is -2.10. The van der Waals surface area contributed by atoms with Gasteiger partial charge in [0.15, 0.2) is 0 Å². The zero-order valence-electron chi connectivity index (χ0n) is 11.1. The highest BCUT2D eigenvalue weighted by Crippen LogP contribution is 2.17. The van der Waals surface area contributed by atoms with Gasteiger partial charge in [0.25, 0.3) is 0 Å². The van der Waals surface area contributed by atoms with E-state index in [1.54, 1.807) is 18.2 Å². The average Bonchev–Trinajstić information content (AvgIpc) is 2.37. The number of amides is 2. The Balaban J connectivity index is 2.05. The molecule has 0 bridgehead atoms. The topological polar surface area (TPSA) is 67.2 Å².